The number of rotatable bonds is 5. The molecule has 0 fully saturated rings. The topological polar surface area (TPSA) is 40.5 Å². The van der Waals surface area contributed by atoms with Gasteiger partial charge in [-0.05, 0) is 5.56 Å². The Hall–Kier alpha value is -1.08. The first-order chi connectivity index (χ1) is 8.84. The summed E-state index contributed by atoms with van der Waals surface area (Å²) in [7, 11) is 0. The molecule has 0 spiro atoms. The van der Waals surface area contributed by atoms with Crippen LogP contribution < -0.4 is 0 Å². The first-order valence-corrected chi connectivity index (χ1v) is 6.59. The number of carbonyl (C=O) groups excluding carboxylic acids is 1. The molecule has 1 atom stereocenters. The smallest absolute Gasteiger partial charge is 0.382 e. The summed E-state index contributed by atoms with van der Waals surface area (Å²) in [5, 5.41) is 8.95. The molecule has 0 bridgehead atoms. The van der Waals surface area contributed by atoms with Crippen LogP contribution in [0.15, 0.2) is 30.3 Å². The van der Waals surface area contributed by atoms with Crippen LogP contribution in [-0.2, 0) is 11.3 Å². The number of aliphatic hydroxyl groups excluding tert-OH is 1. The third-order valence-electron chi connectivity index (χ3n) is 2.45. The lowest BCUT2D eigenvalue weighted by Crippen LogP contribution is -2.43. The Morgan fingerprint density at radius 3 is 2.37 bits per heavy atom. The molecule has 0 heterocycles. The van der Waals surface area contributed by atoms with Crippen molar-refractivity contribution in [2.75, 3.05) is 11.9 Å². The molecule has 0 aliphatic rings. The van der Waals surface area contributed by atoms with Gasteiger partial charge in [-0.1, -0.05) is 46.3 Å². The number of aliphatic hydroxyl groups is 1. The van der Waals surface area contributed by atoms with Gasteiger partial charge in [-0.15, -0.1) is 0 Å². The van der Waals surface area contributed by atoms with Crippen molar-refractivity contribution in [2.45, 2.75) is 18.8 Å². The third-order valence-corrected chi connectivity index (χ3v) is 2.93. The predicted octanol–water partition coefficient (Wildman–Crippen LogP) is 2.33. The zero-order valence-electron chi connectivity index (χ0n) is 9.90. The van der Waals surface area contributed by atoms with Gasteiger partial charge < -0.3 is 10.0 Å². The lowest BCUT2D eigenvalue weighted by molar-refractivity contribution is -0.208. The van der Waals surface area contributed by atoms with Gasteiger partial charge >= 0.3 is 6.18 Å². The predicted molar refractivity (Wildman–Crippen MR) is 67.7 cm³/mol. The fourth-order valence-corrected chi connectivity index (χ4v) is 1.81. The number of carbonyl (C=O) groups is 1. The number of amides is 1. The summed E-state index contributed by atoms with van der Waals surface area (Å²) < 4.78 is 36.9. The highest BCUT2D eigenvalue weighted by molar-refractivity contribution is 9.09. The molecule has 0 aromatic heterocycles. The standard InChI is InChI=1S/C12H13BrF3NO2/c13-6-11(19)17(8-10(18)12(14,15)16)7-9-4-2-1-3-5-9/h1-5,10,18H,6-8H2. The van der Waals surface area contributed by atoms with Gasteiger partial charge in [0.25, 0.3) is 0 Å². The minimum Gasteiger partial charge on any atom is -0.382 e. The van der Waals surface area contributed by atoms with Crippen molar-refractivity contribution >= 4 is 21.8 Å². The maximum Gasteiger partial charge on any atom is 0.416 e. The quantitative estimate of drug-likeness (QED) is 0.836. The van der Waals surface area contributed by atoms with Crippen molar-refractivity contribution in [1.29, 1.82) is 0 Å². The van der Waals surface area contributed by atoms with Gasteiger partial charge in [0.15, 0.2) is 6.10 Å². The average molecular weight is 340 g/mol. The van der Waals surface area contributed by atoms with Crippen molar-refractivity contribution in [1.82, 2.24) is 4.90 Å². The van der Waals surface area contributed by atoms with Gasteiger partial charge in [0.2, 0.25) is 5.91 Å². The van der Waals surface area contributed by atoms with E-state index < -0.39 is 24.7 Å². The van der Waals surface area contributed by atoms with Crippen molar-refractivity contribution in [3.8, 4) is 0 Å². The number of benzene rings is 1. The van der Waals surface area contributed by atoms with Crippen LogP contribution in [0, 0.1) is 0 Å². The summed E-state index contributed by atoms with van der Waals surface area (Å²) in [6, 6.07) is 8.63. The SMILES string of the molecule is O=C(CBr)N(Cc1ccccc1)CC(O)C(F)(F)F. The van der Waals surface area contributed by atoms with Crippen LogP contribution in [0.2, 0.25) is 0 Å². The second-order valence-corrected chi connectivity index (χ2v) is 4.51. The summed E-state index contributed by atoms with van der Waals surface area (Å²) in [6.45, 7) is -0.749. The van der Waals surface area contributed by atoms with E-state index in [9.17, 15) is 18.0 Å². The van der Waals surface area contributed by atoms with Crippen LogP contribution in [0.4, 0.5) is 13.2 Å². The van der Waals surface area contributed by atoms with Crippen LogP contribution in [0.1, 0.15) is 5.56 Å². The number of hydrogen-bond acceptors (Lipinski definition) is 2. The molecule has 0 saturated heterocycles. The molecular weight excluding hydrogens is 327 g/mol. The minimum atomic E-state index is -4.73. The molecule has 1 unspecified atom stereocenters. The largest absolute Gasteiger partial charge is 0.416 e. The van der Waals surface area contributed by atoms with E-state index in [1.54, 1.807) is 30.3 Å². The van der Waals surface area contributed by atoms with Crippen molar-refractivity contribution in [2.24, 2.45) is 0 Å². The van der Waals surface area contributed by atoms with E-state index in [1.165, 1.54) is 0 Å². The van der Waals surface area contributed by atoms with Crippen molar-refractivity contribution in [3.63, 3.8) is 0 Å². The summed E-state index contributed by atoms with van der Waals surface area (Å²) in [6.07, 6.45) is -7.28. The highest BCUT2D eigenvalue weighted by Gasteiger charge is 2.39. The Morgan fingerprint density at radius 1 is 1.32 bits per heavy atom. The van der Waals surface area contributed by atoms with Gasteiger partial charge in [0, 0.05) is 6.54 Å². The normalized spacial score (nSPS) is 13.1. The molecule has 1 N–H and O–H groups in total. The number of nitrogens with zero attached hydrogens (tertiary/aromatic N) is 1. The first kappa shape index (κ1) is 16.0. The molecule has 1 aromatic rings. The molecular formula is C12H13BrF3NO2. The monoisotopic (exact) mass is 339 g/mol. The third kappa shape index (κ3) is 5.20. The van der Waals surface area contributed by atoms with Gasteiger partial charge in [-0.2, -0.15) is 13.2 Å². The van der Waals surface area contributed by atoms with E-state index in [2.05, 4.69) is 15.9 Å². The Labute approximate surface area is 117 Å². The van der Waals surface area contributed by atoms with E-state index in [4.69, 9.17) is 5.11 Å². The van der Waals surface area contributed by atoms with E-state index in [0.29, 0.717) is 5.56 Å². The van der Waals surface area contributed by atoms with E-state index >= 15 is 0 Å². The molecule has 0 aliphatic carbocycles. The molecule has 0 radical (unpaired) electrons. The molecule has 1 amide bonds. The van der Waals surface area contributed by atoms with Crippen molar-refractivity contribution < 1.29 is 23.1 Å². The molecule has 106 valence electrons. The summed E-state index contributed by atoms with van der Waals surface area (Å²) in [4.78, 5) is 12.6. The molecule has 1 aromatic carbocycles. The van der Waals surface area contributed by atoms with Gasteiger partial charge in [-0.3, -0.25) is 4.79 Å². The first-order valence-electron chi connectivity index (χ1n) is 5.47. The van der Waals surface area contributed by atoms with Crippen LogP contribution in [0.25, 0.3) is 0 Å². The second kappa shape index (κ2) is 6.91. The Balaban J connectivity index is 2.76. The molecule has 3 nitrogen and oxygen atoms in total. The van der Waals surface area contributed by atoms with Crippen LogP contribution >= 0.6 is 15.9 Å². The molecule has 7 heteroatoms. The molecule has 0 saturated carbocycles. The average Bonchev–Trinajstić information content (AvgIpc) is 2.37. The van der Waals surface area contributed by atoms with E-state index in [-0.39, 0.29) is 11.9 Å². The van der Waals surface area contributed by atoms with Crippen molar-refractivity contribution in [3.05, 3.63) is 35.9 Å². The molecule has 19 heavy (non-hydrogen) atoms. The zero-order valence-corrected chi connectivity index (χ0v) is 11.5. The lowest BCUT2D eigenvalue weighted by atomic mass is 10.2. The van der Waals surface area contributed by atoms with Crippen LogP contribution in [-0.4, -0.2) is 40.1 Å². The van der Waals surface area contributed by atoms with Crippen LogP contribution in [0.5, 0.6) is 0 Å². The maximum atomic E-state index is 12.3. The Morgan fingerprint density at radius 2 is 1.89 bits per heavy atom. The lowest BCUT2D eigenvalue weighted by Gasteiger charge is -2.26. The second-order valence-electron chi connectivity index (χ2n) is 3.95. The van der Waals surface area contributed by atoms with Gasteiger partial charge in [-0.25, -0.2) is 0 Å². The number of halogens is 4. The highest BCUT2D eigenvalue weighted by Crippen LogP contribution is 2.21. The summed E-state index contributed by atoms with van der Waals surface area (Å²) >= 11 is 2.92. The molecule has 0 aliphatic heterocycles. The number of hydrogen-bond donors (Lipinski definition) is 1. The van der Waals surface area contributed by atoms with Gasteiger partial charge in [0.1, 0.15) is 0 Å². The highest BCUT2D eigenvalue weighted by atomic mass is 79.9. The number of alkyl halides is 4. The van der Waals surface area contributed by atoms with E-state index in [0.717, 1.165) is 4.90 Å². The fourth-order valence-electron chi connectivity index (χ4n) is 1.46. The Kier molecular flexibility index (Phi) is 5.81. The Bertz CT molecular complexity index is 411. The molecule has 1 rings (SSSR count). The zero-order chi connectivity index (χ0) is 14.5. The summed E-state index contributed by atoms with van der Waals surface area (Å²) in [5.74, 6) is -0.507. The fraction of sp³-hybridized carbons (Fsp3) is 0.417. The minimum absolute atomic E-state index is 0.0262. The van der Waals surface area contributed by atoms with Crippen LogP contribution in [0.3, 0.4) is 0 Å². The van der Waals surface area contributed by atoms with Gasteiger partial charge in [0.05, 0.1) is 11.9 Å². The summed E-state index contributed by atoms with van der Waals surface area (Å²) in [5.41, 5.74) is 0.700. The van der Waals surface area contributed by atoms with E-state index in [1.807, 2.05) is 0 Å². The maximum absolute atomic E-state index is 12.3.